The van der Waals surface area contributed by atoms with Crippen molar-refractivity contribution < 1.29 is 9.15 Å². The van der Waals surface area contributed by atoms with Crippen LogP contribution in [0.5, 0.6) is 5.75 Å². The van der Waals surface area contributed by atoms with Crippen molar-refractivity contribution in [2.45, 2.75) is 13.8 Å². The SMILES string of the molecule is COc1cc(-c2ccc(Cl)cc2)cc2oc(=O)c(C)c(C)c12. The predicted octanol–water partition coefficient (Wildman–Crippen LogP) is 4.74. The Hall–Kier alpha value is -2.26. The van der Waals surface area contributed by atoms with E-state index in [0.29, 0.717) is 21.9 Å². The van der Waals surface area contributed by atoms with Crippen molar-refractivity contribution in [2.24, 2.45) is 0 Å². The minimum atomic E-state index is -0.319. The van der Waals surface area contributed by atoms with Crippen LogP contribution in [0.1, 0.15) is 11.1 Å². The van der Waals surface area contributed by atoms with Crippen LogP contribution in [0.2, 0.25) is 5.02 Å². The largest absolute Gasteiger partial charge is 0.496 e. The number of hydrogen-bond acceptors (Lipinski definition) is 3. The van der Waals surface area contributed by atoms with Gasteiger partial charge in [-0.3, -0.25) is 0 Å². The zero-order valence-corrected chi connectivity index (χ0v) is 13.3. The van der Waals surface area contributed by atoms with Crippen LogP contribution in [-0.4, -0.2) is 7.11 Å². The quantitative estimate of drug-likeness (QED) is 0.641. The van der Waals surface area contributed by atoms with Gasteiger partial charge < -0.3 is 9.15 Å². The molecule has 0 saturated carbocycles. The first-order valence-electron chi connectivity index (χ1n) is 6.89. The Kier molecular flexibility index (Phi) is 3.67. The molecule has 0 aliphatic rings. The summed E-state index contributed by atoms with van der Waals surface area (Å²) in [5, 5.41) is 1.51. The van der Waals surface area contributed by atoms with Gasteiger partial charge in [0.05, 0.1) is 12.5 Å². The third kappa shape index (κ3) is 2.38. The van der Waals surface area contributed by atoms with Gasteiger partial charge in [-0.15, -0.1) is 0 Å². The summed E-state index contributed by atoms with van der Waals surface area (Å²) in [6.07, 6.45) is 0. The molecule has 0 amide bonds. The lowest BCUT2D eigenvalue weighted by molar-refractivity contribution is 0.418. The number of halogens is 1. The second-order valence-corrected chi connectivity index (χ2v) is 5.63. The van der Waals surface area contributed by atoms with E-state index in [-0.39, 0.29) is 5.63 Å². The molecule has 0 aliphatic heterocycles. The Morgan fingerprint density at radius 2 is 1.68 bits per heavy atom. The molecule has 0 atom stereocenters. The molecule has 1 aromatic heterocycles. The van der Waals surface area contributed by atoms with Crippen LogP contribution >= 0.6 is 11.6 Å². The van der Waals surface area contributed by atoms with E-state index in [1.807, 2.05) is 43.3 Å². The van der Waals surface area contributed by atoms with Crippen LogP contribution in [0, 0.1) is 13.8 Å². The molecule has 4 heteroatoms. The second kappa shape index (κ2) is 5.50. The van der Waals surface area contributed by atoms with Crippen LogP contribution < -0.4 is 10.4 Å². The Bertz CT molecular complexity index is 908. The summed E-state index contributed by atoms with van der Waals surface area (Å²) < 4.78 is 10.9. The van der Waals surface area contributed by atoms with Gasteiger partial charge in [-0.2, -0.15) is 0 Å². The maximum atomic E-state index is 11.9. The molecule has 3 aromatic rings. The second-order valence-electron chi connectivity index (χ2n) is 5.20. The van der Waals surface area contributed by atoms with Crippen molar-refractivity contribution >= 4 is 22.6 Å². The van der Waals surface area contributed by atoms with Crippen molar-refractivity contribution in [3.8, 4) is 16.9 Å². The van der Waals surface area contributed by atoms with Gasteiger partial charge in [-0.05, 0) is 54.8 Å². The smallest absolute Gasteiger partial charge is 0.339 e. The van der Waals surface area contributed by atoms with E-state index in [9.17, 15) is 4.79 Å². The summed E-state index contributed by atoms with van der Waals surface area (Å²) in [4.78, 5) is 11.9. The number of rotatable bonds is 2. The molecule has 3 rings (SSSR count). The third-order valence-electron chi connectivity index (χ3n) is 3.91. The predicted molar refractivity (Wildman–Crippen MR) is 89.0 cm³/mol. The molecule has 0 bridgehead atoms. The van der Waals surface area contributed by atoms with Gasteiger partial charge >= 0.3 is 5.63 Å². The summed E-state index contributed by atoms with van der Waals surface area (Å²) in [6, 6.07) is 11.3. The van der Waals surface area contributed by atoms with E-state index in [2.05, 4.69) is 0 Å². The Morgan fingerprint density at radius 3 is 2.32 bits per heavy atom. The van der Waals surface area contributed by atoms with Gasteiger partial charge in [-0.25, -0.2) is 4.79 Å². The molecule has 0 N–H and O–H groups in total. The van der Waals surface area contributed by atoms with E-state index in [1.54, 1.807) is 14.0 Å². The van der Waals surface area contributed by atoms with Gasteiger partial charge in [-0.1, -0.05) is 23.7 Å². The van der Waals surface area contributed by atoms with Crippen LogP contribution in [0.15, 0.2) is 45.6 Å². The number of ether oxygens (including phenoxy) is 1. The molecule has 0 fully saturated rings. The van der Waals surface area contributed by atoms with Crippen molar-refractivity contribution in [1.29, 1.82) is 0 Å². The topological polar surface area (TPSA) is 39.4 Å². The molecule has 1 heterocycles. The standard InChI is InChI=1S/C18H15ClO3/c1-10-11(2)18(20)22-16-9-13(8-15(21-3)17(10)16)12-4-6-14(19)7-5-12/h4-9H,1-3H3. The summed E-state index contributed by atoms with van der Waals surface area (Å²) in [5.74, 6) is 0.687. The van der Waals surface area contributed by atoms with Gasteiger partial charge in [0.1, 0.15) is 11.3 Å². The lowest BCUT2D eigenvalue weighted by Crippen LogP contribution is -2.06. The number of methoxy groups -OCH3 is 1. The molecule has 0 saturated heterocycles. The summed E-state index contributed by atoms with van der Waals surface area (Å²) in [5.41, 5.74) is 3.58. The monoisotopic (exact) mass is 314 g/mol. The summed E-state index contributed by atoms with van der Waals surface area (Å²) in [7, 11) is 1.61. The lowest BCUT2D eigenvalue weighted by Gasteiger charge is -2.12. The van der Waals surface area contributed by atoms with Gasteiger partial charge in [0.15, 0.2) is 0 Å². The van der Waals surface area contributed by atoms with Crippen molar-refractivity contribution in [3.05, 3.63) is 63.0 Å². The first-order valence-corrected chi connectivity index (χ1v) is 7.27. The fraction of sp³-hybridized carbons (Fsp3) is 0.167. The van der Waals surface area contributed by atoms with Crippen molar-refractivity contribution in [3.63, 3.8) is 0 Å². The number of benzene rings is 2. The van der Waals surface area contributed by atoms with Gasteiger partial charge in [0, 0.05) is 10.6 Å². The van der Waals surface area contributed by atoms with E-state index in [1.165, 1.54) is 0 Å². The molecule has 2 aromatic carbocycles. The summed E-state index contributed by atoms with van der Waals surface area (Å²) >= 11 is 5.93. The Morgan fingerprint density at radius 1 is 1.00 bits per heavy atom. The van der Waals surface area contributed by atoms with Crippen LogP contribution in [0.25, 0.3) is 22.1 Å². The Balaban J connectivity index is 2.33. The number of fused-ring (bicyclic) bond motifs is 1. The molecule has 0 unspecified atom stereocenters. The lowest BCUT2D eigenvalue weighted by atomic mass is 10.00. The first kappa shape index (κ1) is 14.7. The van der Waals surface area contributed by atoms with Gasteiger partial charge in [0.2, 0.25) is 0 Å². The summed E-state index contributed by atoms with van der Waals surface area (Å²) in [6.45, 7) is 3.66. The van der Waals surface area contributed by atoms with Crippen LogP contribution in [0.3, 0.4) is 0 Å². The van der Waals surface area contributed by atoms with Gasteiger partial charge in [0.25, 0.3) is 0 Å². The third-order valence-corrected chi connectivity index (χ3v) is 4.16. The highest BCUT2D eigenvalue weighted by Crippen LogP contribution is 2.34. The fourth-order valence-electron chi connectivity index (χ4n) is 2.53. The van der Waals surface area contributed by atoms with E-state index < -0.39 is 0 Å². The Labute approximate surface area is 133 Å². The molecule has 0 spiro atoms. The molecular weight excluding hydrogens is 300 g/mol. The molecule has 112 valence electrons. The minimum absolute atomic E-state index is 0.319. The van der Waals surface area contributed by atoms with E-state index in [0.717, 1.165) is 22.1 Å². The van der Waals surface area contributed by atoms with Crippen molar-refractivity contribution in [1.82, 2.24) is 0 Å². The highest BCUT2D eigenvalue weighted by atomic mass is 35.5. The van der Waals surface area contributed by atoms with Crippen LogP contribution in [-0.2, 0) is 0 Å². The molecule has 0 radical (unpaired) electrons. The highest BCUT2D eigenvalue weighted by molar-refractivity contribution is 6.30. The molecule has 0 aliphatic carbocycles. The normalized spacial score (nSPS) is 10.9. The van der Waals surface area contributed by atoms with E-state index in [4.69, 9.17) is 20.8 Å². The average molecular weight is 315 g/mol. The highest BCUT2D eigenvalue weighted by Gasteiger charge is 2.14. The fourth-order valence-corrected chi connectivity index (χ4v) is 2.65. The number of hydrogen-bond donors (Lipinski definition) is 0. The molecular formula is C18H15ClO3. The zero-order chi connectivity index (χ0) is 15.9. The average Bonchev–Trinajstić information content (AvgIpc) is 2.52. The first-order chi connectivity index (χ1) is 10.5. The van der Waals surface area contributed by atoms with Crippen molar-refractivity contribution in [2.75, 3.05) is 7.11 Å². The van der Waals surface area contributed by atoms with Crippen LogP contribution in [0.4, 0.5) is 0 Å². The minimum Gasteiger partial charge on any atom is -0.496 e. The maximum absolute atomic E-state index is 11.9. The molecule has 3 nitrogen and oxygen atoms in total. The zero-order valence-electron chi connectivity index (χ0n) is 12.6. The van der Waals surface area contributed by atoms with E-state index >= 15 is 0 Å². The number of aryl methyl sites for hydroxylation is 1. The molecule has 22 heavy (non-hydrogen) atoms. The maximum Gasteiger partial charge on any atom is 0.339 e.